The summed E-state index contributed by atoms with van der Waals surface area (Å²) in [5, 5.41) is 9.13. The molecule has 0 bridgehead atoms. The summed E-state index contributed by atoms with van der Waals surface area (Å²) in [6.45, 7) is 3.72. The smallest absolute Gasteiger partial charge is 0.251 e. The highest BCUT2D eigenvalue weighted by atomic mass is 16.5. The van der Waals surface area contributed by atoms with Gasteiger partial charge in [0, 0.05) is 19.7 Å². The minimum absolute atomic E-state index is 0.127. The molecule has 2 aliphatic heterocycles. The fourth-order valence-corrected chi connectivity index (χ4v) is 2.60. The summed E-state index contributed by atoms with van der Waals surface area (Å²) in [7, 11) is 0. The summed E-state index contributed by atoms with van der Waals surface area (Å²) in [4.78, 5) is 14.0. The van der Waals surface area contributed by atoms with Crippen molar-refractivity contribution in [3.8, 4) is 0 Å². The lowest BCUT2D eigenvalue weighted by Gasteiger charge is -2.33. The molecule has 0 aromatic carbocycles. The molecule has 16 heavy (non-hydrogen) atoms. The van der Waals surface area contributed by atoms with Gasteiger partial charge in [-0.25, -0.2) is 0 Å². The number of aliphatic hydroxyl groups excluding tert-OH is 1. The Balaban J connectivity index is 1.89. The van der Waals surface area contributed by atoms with Crippen LogP contribution in [0.2, 0.25) is 0 Å². The predicted molar refractivity (Wildman–Crippen MR) is 60.0 cm³/mol. The van der Waals surface area contributed by atoms with Gasteiger partial charge in [0.1, 0.15) is 6.10 Å². The highest BCUT2D eigenvalue weighted by molar-refractivity contribution is 5.81. The van der Waals surface area contributed by atoms with E-state index in [0.29, 0.717) is 6.54 Å². The van der Waals surface area contributed by atoms with Crippen molar-refractivity contribution in [1.82, 2.24) is 4.90 Å². The van der Waals surface area contributed by atoms with Crippen molar-refractivity contribution >= 4 is 5.91 Å². The van der Waals surface area contributed by atoms with Crippen LogP contribution in [-0.2, 0) is 9.53 Å². The van der Waals surface area contributed by atoms with Gasteiger partial charge in [0.25, 0.3) is 5.91 Å². The third-order valence-electron chi connectivity index (χ3n) is 3.60. The molecule has 0 aromatic heterocycles. The largest absolute Gasteiger partial charge is 0.396 e. The van der Waals surface area contributed by atoms with E-state index in [9.17, 15) is 4.79 Å². The lowest BCUT2D eigenvalue weighted by atomic mass is 9.98. The van der Waals surface area contributed by atoms with Crippen LogP contribution in [0.4, 0.5) is 0 Å². The highest BCUT2D eigenvalue weighted by Crippen LogP contribution is 2.23. The molecule has 2 heterocycles. The SMILES string of the molecule is CC1CCC(C(=O)N2CCCC(CO)C2)O1. The van der Waals surface area contributed by atoms with Gasteiger partial charge in [0.2, 0.25) is 0 Å². The predicted octanol–water partition coefficient (Wildman–Crippen LogP) is 0.785. The van der Waals surface area contributed by atoms with Crippen LogP contribution in [-0.4, -0.2) is 47.8 Å². The summed E-state index contributed by atoms with van der Waals surface area (Å²) >= 11 is 0. The van der Waals surface area contributed by atoms with Crippen LogP contribution in [0.3, 0.4) is 0 Å². The molecule has 4 heteroatoms. The minimum atomic E-state index is -0.229. The van der Waals surface area contributed by atoms with Crippen molar-refractivity contribution in [3.05, 3.63) is 0 Å². The average molecular weight is 227 g/mol. The number of aliphatic hydroxyl groups is 1. The maximum absolute atomic E-state index is 12.1. The maximum Gasteiger partial charge on any atom is 0.251 e. The molecule has 2 fully saturated rings. The number of nitrogens with zero attached hydrogens (tertiary/aromatic N) is 1. The summed E-state index contributed by atoms with van der Waals surface area (Å²) < 4.78 is 5.59. The van der Waals surface area contributed by atoms with Crippen LogP contribution in [0.1, 0.15) is 32.6 Å². The third-order valence-corrected chi connectivity index (χ3v) is 3.60. The van der Waals surface area contributed by atoms with E-state index in [4.69, 9.17) is 9.84 Å². The van der Waals surface area contributed by atoms with Crippen LogP contribution in [0.15, 0.2) is 0 Å². The van der Waals surface area contributed by atoms with Crippen molar-refractivity contribution < 1.29 is 14.6 Å². The molecule has 4 nitrogen and oxygen atoms in total. The Morgan fingerprint density at radius 2 is 2.25 bits per heavy atom. The first-order valence-electron chi connectivity index (χ1n) is 6.26. The first kappa shape index (κ1) is 11.9. The lowest BCUT2D eigenvalue weighted by Crippen LogP contribution is -2.45. The second-order valence-electron chi connectivity index (χ2n) is 4.99. The van der Waals surface area contributed by atoms with E-state index >= 15 is 0 Å². The van der Waals surface area contributed by atoms with Gasteiger partial charge in [0.05, 0.1) is 6.10 Å². The molecule has 92 valence electrons. The Labute approximate surface area is 96.6 Å². The molecule has 2 rings (SSSR count). The van der Waals surface area contributed by atoms with Crippen molar-refractivity contribution in [2.24, 2.45) is 5.92 Å². The number of amides is 1. The number of rotatable bonds is 2. The molecule has 2 saturated heterocycles. The zero-order chi connectivity index (χ0) is 11.5. The van der Waals surface area contributed by atoms with Gasteiger partial charge in [-0.2, -0.15) is 0 Å². The minimum Gasteiger partial charge on any atom is -0.396 e. The zero-order valence-corrected chi connectivity index (χ0v) is 9.89. The number of carbonyl (C=O) groups is 1. The number of hydrogen-bond donors (Lipinski definition) is 1. The number of hydrogen-bond acceptors (Lipinski definition) is 3. The Kier molecular flexibility index (Phi) is 3.82. The highest BCUT2D eigenvalue weighted by Gasteiger charge is 2.33. The van der Waals surface area contributed by atoms with Gasteiger partial charge in [-0.1, -0.05) is 0 Å². The molecule has 3 unspecified atom stereocenters. The Hall–Kier alpha value is -0.610. The normalized spacial score (nSPS) is 35.4. The van der Waals surface area contributed by atoms with Crippen molar-refractivity contribution in [3.63, 3.8) is 0 Å². The average Bonchev–Trinajstić information content (AvgIpc) is 2.75. The molecule has 1 amide bonds. The van der Waals surface area contributed by atoms with E-state index in [2.05, 4.69) is 0 Å². The molecule has 3 atom stereocenters. The van der Waals surface area contributed by atoms with E-state index in [1.165, 1.54) is 0 Å². The van der Waals surface area contributed by atoms with Gasteiger partial charge in [-0.05, 0) is 38.5 Å². The molecule has 0 saturated carbocycles. The Bertz CT molecular complexity index is 257. The number of piperidine rings is 1. The number of ether oxygens (including phenoxy) is 1. The van der Waals surface area contributed by atoms with Crippen LogP contribution in [0.5, 0.6) is 0 Å². The molecule has 0 spiro atoms. The first-order chi connectivity index (χ1) is 7.70. The second kappa shape index (κ2) is 5.15. The molecule has 0 aromatic rings. The van der Waals surface area contributed by atoms with E-state index in [1.54, 1.807) is 0 Å². The molecule has 0 radical (unpaired) electrons. The fourth-order valence-electron chi connectivity index (χ4n) is 2.60. The Morgan fingerprint density at radius 1 is 1.44 bits per heavy atom. The fraction of sp³-hybridized carbons (Fsp3) is 0.917. The standard InChI is InChI=1S/C12H21NO3/c1-9-4-5-11(16-9)12(15)13-6-2-3-10(7-13)8-14/h9-11,14H,2-8H2,1H3. The quantitative estimate of drug-likeness (QED) is 0.758. The monoisotopic (exact) mass is 227 g/mol. The van der Waals surface area contributed by atoms with E-state index in [1.807, 2.05) is 11.8 Å². The van der Waals surface area contributed by atoms with Crippen LogP contribution in [0.25, 0.3) is 0 Å². The van der Waals surface area contributed by atoms with Crippen LogP contribution >= 0.6 is 0 Å². The lowest BCUT2D eigenvalue weighted by molar-refractivity contribution is -0.144. The molecular formula is C12H21NO3. The van der Waals surface area contributed by atoms with E-state index in [0.717, 1.165) is 32.2 Å². The van der Waals surface area contributed by atoms with E-state index < -0.39 is 0 Å². The van der Waals surface area contributed by atoms with Gasteiger partial charge in [-0.15, -0.1) is 0 Å². The second-order valence-corrected chi connectivity index (χ2v) is 4.99. The summed E-state index contributed by atoms with van der Waals surface area (Å²) in [5.41, 5.74) is 0. The topological polar surface area (TPSA) is 49.8 Å². The maximum atomic E-state index is 12.1. The Morgan fingerprint density at radius 3 is 2.88 bits per heavy atom. The molecule has 0 aliphatic carbocycles. The number of likely N-dealkylation sites (tertiary alicyclic amines) is 1. The van der Waals surface area contributed by atoms with Crippen LogP contribution in [0, 0.1) is 5.92 Å². The summed E-state index contributed by atoms with van der Waals surface area (Å²) in [6.07, 6.45) is 3.84. The first-order valence-corrected chi connectivity index (χ1v) is 6.26. The zero-order valence-electron chi connectivity index (χ0n) is 9.89. The van der Waals surface area contributed by atoms with Gasteiger partial charge >= 0.3 is 0 Å². The van der Waals surface area contributed by atoms with Gasteiger partial charge < -0.3 is 14.7 Å². The van der Waals surface area contributed by atoms with Gasteiger partial charge in [-0.3, -0.25) is 4.79 Å². The molecule has 1 N–H and O–H groups in total. The van der Waals surface area contributed by atoms with Crippen LogP contribution < -0.4 is 0 Å². The van der Waals surface area contributed by atoms with Crippen molar-refractivity contribution in [2.75, 3.05) is 19.7 Å². The molecule has 2 aliphatic rings. The summed E-state index contributed by atoms with van der Waals surface area (Å²) in [6, 6.07) is 0. The summed E-state index contributed by atoms with van der Waals surface area (Å²) in [5.74, 6) is 0.388. The third kappa shape index (κ3) is 2.55. The van der Waals surface area contributed by atoms with Crippen molar-refractivity contribution in [1.29, 1.82) is 0 Å². The van der Waals surface area contributed by atoms with Crippen molar-refractivity contribution in [2.45, 2.75) is 44.8 Å². The van der Waals surface area contributed by atoms with E-state index in [-0.39, 0.29) is 30.6 Å². The number of carbonyl (C=O) groups excluding carboxylic acids is 1. The molecular weight excluding hydrogens is 206 g/mol. The van der Waals surface area contributed by atoms with Gasteiger partial charge in [0.15, 0.2) is 0 Å².